The van der Waals surface area contributed by atoms with Crippen molar-refractivity contribution >= 4 is 39.7 Å². The summed E-state index contributed by atoms with van der Waals surface area (Å²) in [6.07, 6.45) is 3.93. The van der Waals surface area contributed by atoms with Gasteiger partial charge in [0.1, 0.15) is 0 Å². The van der Waals surface area contributed by atoms with Crippen LogP contribution in [0.3, 0.4) is 0 Å². The number of nitrogens with one attached hydrogen (secondary N) is 1. The van der Waals surface area contributed by atoms with Crippen molar-refractivity contribution in [2.75, 3.05) is 29.6 Å². The van der Waals surface area contributed by atoms with Crippen molar-refractivity contribution in [3.63, 3.8) is 0 Å². The first-order valence-corrected chi connectivity index (χ1v) is 9.77. The highest BCUT2D eigenvalue weighted by Crippen LogP contribution is 2.31. The van der Waals surface area contributed by atoms with Gasteiger partial charge in [0.15, 0.2) is 0 Å². The van der Waals surface area contributed by atoms with Gasteiger partial charge in [0.25, 0.3) is 5.91 Å². The SMILES string of the molecule is C[S@@](=O)c1ccc(C(=O)Nc2cc(Cl)ccc2N2CCCC2)cc1. The van der Waals surface area contributed by atoms with Crippen LogP contribution in [-0.4, -0.2) is 29.5 Å². The second-order valence-electron chi connectivity index (χ2n) is 5.79. The molecule has 0 saturated carbocycles. The number of carbonyl (C=O) groups is 1. The first-order chi connectivity index (χ1) is 11.5. The number of anilines is 2. The number of nitrogens with zero attached hydrogens (tertiary/aromatic N) is 1. The molecule has 1 aliphatic rings. The number of hydrogen-bond donors (Lipinski definition) is 1. The Kier molecular flexibility index (Phi) is 5.21. The maximum atomic E-state index is 12.5. The van der Waals surface area contributed by atoms with Crippen LogP contribution in [0.5, 0.6) is 0 Å². The summed E-state index contributed by atoms with van der Waals surface area (Å²) in [5.41, 5.74) is 2.24. The predicted molar refractivity (Wildman–Crippen MR) is 99.6 cm³/mol. The molecule has 3 rings (SSSR count). The molecule has 24 heavy (non-hydrogen) atoms. The van der Waals surface area contributed by atoms with Gasteiger partial charge >= 0.3 is 0 Å². The van der Waals surface area contributed by atoms with E-state index in [1.54, 1.807) is 36.6 Å². The third-order valence-electron chi connectivity index (χ3n) is 4.10. The van der Waals surface area contributed by atoms with E-state index in [0.717, 1.165) is 37.3 Å². The zero-order chi connectivity index (χ0) is 17.1. The van der Waals surface area contributed by atoms with Crippen LogP contribution < -0.4 is 10.2 Å². The summed E-state index contributed by atoms with van der Waals surface area (Å²) in [5.74, 6) is -0.203. The average molecular weight is 363 g/mol. The van der Waals surface area contributed by atoms with Gasteiger partial charge in [-0.2, -0.15) is 0 Å². The lowest BCUT2D eigenvalue weighted by atomic mass is 10.2. The van der Waals surface area contributed by atoms with Crippen molar-refractivity contribution in [3.05, 3.63) is 53.1 Å². The zero-order valence-electron chi connectivity index (χ0n) is 13.4. The Hall–Kier alpha value is -1.85. The highest BCUT2D eigenvalue weighted by molar-refractivity contribution is 7.84. The van der Waals surface area contributed by atoms with Gasteiger partial charge in [-0.3, -0.25) is 9.00 Å². The number of rotatable bonds is 4. The first-order valence-electron chi connectivity index (χ1n) is 7.84. The molecule has 0 radical (unpaired) electrons. The van der Waals surface area contributed by atoms with Crippen LogP contribution in [0.25, 0.3) is 0 Å². The Bertz CT molecular complexity index is 771. The Balaban J connectivity index is 1.83. The van der Waals surface area contributed by atoms with Crippen LogP contribution in [0.1, 0.15) is 23.2 Å². The van der Waals surface area contributed by atoms with E-state index in [9.17, 15) is 9.00 Å². The standard InChI is InChI=1S/C18H19ClN2O2S/c1-24(23)15-7-4-13(5-8-15)18(22)20-16-12-14(19)6-9-17(16)21-10-2-3-11-21/h4-9,12H,2-3,10-11H2,1H3,(H,20,22)/t24-/m1/s1. The minimum absolute atomic E-state index is 0.203. The van der Waals surface area contributed by atoms with Crippen LogP contribution in [0.4, 0.5) is 11.4 Å². The molecule has 4 nitrogen and oxygen atoms in total. The molecule has 6 heteroatoms. The van der Waals surface area contributed by atoms with Gasteiger partial charge in [0.2, 0.25) is 0 Å². The van der Waals surface area contributed by atoms with E-state index in [4.69, 9.17) is 11.6 Å². The van der Waals surface area contributed by atoms with E-state index >= 15 is 0 Å². The molecule has 0 aromatic heterocycles. The summed E-state index contributed by atoms with van der Waals surface area (Å²) in [4.78, 5) is 15.5. The second-order valence-corrected chi connectivity index (χ2v) is 7.60. The van der Waals surface area contributed by atoms with Crippen molar-refractivity contribution in [1.29, 1.82) is 0 Å². The summed E-state index contributed by atoms with van der Waals surface area (Å²) < 4.78 is 11.4. The minimum Gasteiger partial charge on any atom is -0.370 e. The normalized spacial score (nSPS) is 15.3. The minimum atomic E-state index is -1.05. The number of carbonyl (C=O) groups excluding carboxylic acids is 1. The third-order valence-corrected chi connectivity index (χ3v) is 5.27. The predicted octanol–water partition coefficient (Wildman–Crippen LogP) is 3.93. The van der Waals surface area contributed by atoms with E-state index in [2.05, 4.69) is 10.2 Å². The molecule has 2 aromatic rings. The lowest BCUT2D eigenvalue weighted by Gasteiger charge is -2.22. The van der Waals surface area contributed by atoms with Crippen molar-refractivity contribution in [1.82, 2.24) is 0 Å². The molecule has 1 fully saturated rings. The molecule has 0 aliphatic carbocycles. The molecule has 1 saturated heterocycles. The van der Waals surface area contributed by atoms with Crippen LogP contribution >= 0.6 is 11.6 Å². The van der Waals surface area contributed by atoms with Gasteiger partial charge in [-0.25, -0.2) is 0 Å². The zero-order valence-corrected chi connectivity index (χ0v) is 15.0. The summed E-state index contributed by atoms with van der Waals surface area (Å²) in [5, 5.41) is 3.54. The van der Waals surface area contributed by atoms with Crippen molar-refractivity contribution in [2.45, 2.75) is 17.7 Å². The lowest BCUT2D eigenvalue weighted by Crippen LogP contribution is -2.21. The van der Waals surface area contributed by atoms with Gasteiger partial charge in [-0.05, 0) is 55.3 Å². The van der Waals surface area contributed by atoms with E-state index in [1.165, 1.54) is 0 Å². The van der Waals surface area contributed by atoms with E-state index in [-0.39, 0.29) is 5.91 Å². The molecule has 1 N–H and O–H groups in total. The van der Waals surface area contributed by atoms with Crippen LogP contribution in [-0.2, 0) is 10.8 Å². The Morgan fingerprint density at radius 2 is 1.79 bits per heavy atom. The van der Waals surface area contributed by atoms with Gasteiger partial charge in [0.05, 0.1) is 11.4 Å². The largest absolute Gasteiger partial charge is 0.370 e. The summed E-state index contributed by atoms with van der Waals surface area (Å²) in [6.45, 7) is 1.98. The Morgan fingerprint density at radius 3 is 2.42 bits per heavy atom. The topological polar surface area (TPSA) is 49.4 Å². The van der Waals surface area contributed by atoms with E-state index in [1.807, 2.05) is 12.1 Å². The lowest BCUT2D eigenvalue weighted by molar-refractivity contribution is 0.102. The number of benzene rings is 2. The molecule has 0 bridgehead atoms. The smallest absolute Gasteiger partial charge is 0.255 e. The molecule has 0 unspecified atom stereocenters. The fraction of sp³-hybridized carbons (Fsp3) is 0.278. The highest BCUT2D eigenvalue weighted by Gasteiger charge is 2.18. The Labute approximate surface area is 149 Å². The highest BCUT2D eigenvalue weighted by atomic mass is 35.5. The fourth-order valence-corrected chi connectivity index (χ4v) is 3.53. The number of amides is 1. The average Bonchev–Trinajstić information content (AvgIpc) is 3.09. The molecule has 0 spiro atoms. The maximum absolute atomic E-state index is 12.5. The van der Waals surface area contributed by atoms with E-state index in [0.29, 0.717) is 15.5 Å². The Morgan fingerprint density at radius 1 is 1.12 bits per heavy atom. The molecule has 1 amide bonds. The van der Waals surface area contributed by atoms with Gasteiger partial charge in [-0.15, -0.1) is 0 Å². The van der Waals surface area contributed by atoms with Gasteiger partial charge in [0, 0.05) is 45.6 Å². The third kappa shape index (κ3) is 3.79. The second kappa shape index (κ2) is 7.36. The monoisotopic (exact) mass is 362 g/mol. The molecule has 1 aliphatic heterocycles. The summed E-state index contributed by atoms with van der Waals surface area (Å²) >= 11 is 6.10. The van der Waals surface area contributed by atoms with Crippen molar-refractivity contribution < 1.29 is 9.00 Å². The maximum Gasteiger partial charge on any atom is 0.255 e. The first kappa shape index (κ1) is 17.0. The molecule has 2 aromatic carbocycles. The van der Waals surface area contributed by atoms with Crippen molar-refractivity contribution in [3.8, 4) is 0 Å². The number of halogens is 1. The molecule has 1 heterocycles. The molecule has 126 valence electrons. The van der Waals surface area contributed by atoms with Crippen molar-refractivity contribution in [2.24, 2.45) is 0 Å². The van der Waals surface area contributed by atoms with Crippen LogP contribution in [0.2, 0.25) is 5.02 Å². The number of hydrogen-bond acceptors (Lipinski definition) is 3. The molecule has 1 atom stereocenters. The quantitative estimate of drug-likeness (QED) is 0.896. The fourth-order valence-electron chi connectivity index (χ4n) is 2.83. The summed E-state index contributed by atoms with van der Waals surface area (Å²) in [7, 11) is -1.05. The molecular weight excluding hydrogens is 344 g/mol. The summed E-state index contributed by atoms with van der Waals surface area (Å²) in [6, 6.07) is 12.4. The van der Waals surface area contributed by atoms with Gasteiger partial charge < -0.3 is 10.2 Å². The van der Waals surface area contributed by atoms with Crippen LogP contribution in [0.15, 0.2) is 47.4 Å². The van der Waals surface area contributed by atoms with Crippen LogP contribution in [0, 0.1) is 0 Å². The van der Waals surface area contributed by atoms with E-state index < -0.39 is 10.8 Å². The molecular formula is C18H19ClN2O2S. The van der Waals surface area contributed by atoms with Gasteiger partial charge in [-0.1, -0.05) is 11.6 Å².